The lowest BCUT2D eigenvalue weighted by molar-refractivity contribution is 0.341. The highest BCUT2D eigenvalue weighted by Crippen LogP contribution is 2.33. The second kappa shape index (κ2) is 9.14. The van der Waals surface area contributed by atoms with Gasteiger partial charge in [0.15, 0.2) is 5.52 Å². The maximum Gasteiger partial charge on any atom is 0.277 e. The highest BCUT2D eigenvalue weighted by Gasteiger charge is 2.28. The van der Waals surface area contributed by atoms with Gasteiger partial charge in [-0.05, 0) is 38.0 Å². The number of ether oxygens (including phenoxy) is 1. The summed E-state index contributed by atoms with van der Waals surface area (Å²) in [6.45, 7) is 9.29. The third-order valence-corrected chi connectivity index (χ3v) is 8.01. The predicted molar refractivity (Wildman–Crippen MR) is 132 cm³/mol. The summed E-state index contributed by atoms with van der Waals surface area (Å²) in [5.41, 5.74) is 1.33. The van der Waals surface area contributed by atoms with E-state index in [2.05, 4.69) is 10.1 Å². The zero-order valence-corrected chi connectivity index (χ0v) is 21.3. The van der Waals surface area contributed by atoms with Crippen molar-refractivity contribution in [3.8, 4) is 17.1 Å². The first-order valence-corrected chi connectivity index (χ1v) is 13.2. The van der Waals surface area contributed by atoms with E-state index < -0.39 is 10.0 Å². The van der Waals surface area contributed by atoms with Crippen LogP contribution in [0.2, 0.25) is 0 Å². The van der Waals surface area contributed by atoms with Gasteiger partial charge in [0, 0.05) is 25.6 Å². The molecule has 10 heteroatoms. The monoisotopic (exact) mass is 487 g/mol. The van der Waals surface area contributed by atoms with Gasteiger partial charge < -0.3 is 9.72 Å². The Labute approximate surface area is 200 Å². The standard InChI is InChI=1S/C24H33N5O4S/c1-6-33-18-12-11-16(34(31,32)29-13-9-7-8-10-14-29)15-17(18)22-25-19-20(23(30)26-22)28(5)27-21(19)24(2,3)4/h11-12,15H,6-10,13-14H2,1-5H3,(H,25,26,30). The Morgan fingerprint density at radius 2 is 1.79 bits per heavy atom. The zero-order valence-electron chi connectivity index (χ0n) is 20.5. The molecule has 0 bridgehead atoms. The highest BCUT2D eigenvalue weighted by molar-refractivity contribution is 7.89. The van der Waals surface area contributed by atoms with Gasteiger partial charge in [-0.3, -0.25) is 9.48 Å². The van der Waals surface area contributed by atoms with Crippen LogP contribution >= 0.6 is 0 Å². The third-order valence-electron chi connectivity index (χ3n) is 6.11. The molecule has 0 aliphatic carbocycles. The fourth-order valence-corrected chi connectivity index (χ4v) is 5.92. The number of hydrogen-bond donors (Lipinski definition) is 1. The average Bonchev–Trinajstić information content (AvgIpc) is 2.94. The van der Waals surface area contributed by atoms with Gasteiger partial charge in [0.05, 0.1) is 22.8 Å². The summed E-state index contributed by atoms with van der Waals surface area (Å²) >= 11 is 0. The first-order chi connectivity index (χ1) is 16.0. The second-order valence-electron chi connectivity index (χ2n) is 9.74. The molecule has 3 heterocycles. The van der Waals surface area contributed by atoms with Crippen LogP contribution in [0.5, 0.6) is 5.75 Å². The topological polar surface area (TPSA) is 110 Å². The molecule has 0 saturated carbocycles. The Bertz CT molecular complexity index is 1360. The number of nitrogens with one attached hydrogen (secondary N) is 1. The van der Waals surface area contributed by atoms with Crippen molar-refractivity contribution in [2.75, 3.05) is 19.7 Å². The number of fused-ring (bicyclic) bond motifs is 1. The van der Waals surface area contributed by atoms with Gasteiger partial charge in [-0.25, -0.2) is 13.4 Å². The molecule has 184 valence electrons. The molecule has 0 unspecified atom stereocenters. The van der Waals surface area contributed by atoms with E-state index in [1.165, 1.54) is 4.68 Å². The lowest BCUT2D eigenvalue weighted by Gasteiger charge is -2.21. The van der Waals surface area contributed by atoms with Gasteiger partial charge in [0.25, 0.3) is 5.56 Å². The lowest BCUT2D eigenvalue weighted by Crippen LogP contribution is -2.32. The minimum absolute atomic E-state index is 0.165. The van der Waals surface area contributed by atoms with Gasteiger partial charge in [-0.15, -0.1) is 0 Å². The molecule has 2 aromatic heterocycles. The molecule has 9 nitrogen and oxygen atoms in total. The molecule has 1 aliphatic heterocycles. The Morgan fingerprint density at radius 1 is 1.12 bits per heavy atom. The normalized spacial score (nSPS) is 16.0. The lowest BCUT2D eigenvalue weighted by atomic mass is 9.91. The SMILES string of the molecule is CCOc1ccc(S(=O)(=O)N2CCCCCC2)cc1-c1nc2c(C(C)(C)C)nn(C)c2c(=O)[nH]1. The molecular weight excluding hydrogens is 454 g/mol. The van der Waals surface area contributed by atoms with Crippen LogP contribution in [-0.4, -0.2) is 52.2 Å². The van der Waals surface area contributed by atoms with Crippen LogP contribution in [0.25, 0.3) is 22.4 Å². The largest absolute Gasteiger partial charge is 0.493 e. The van der Waals surface area contributed by atoms with Crippen molar-refractivity contribution in [3.63, 3.8) is 0 Å². The van der Waals surface area contributed by atoms with E-state index in [0.29, 0.717) is 47.7 Å². The molecule has 4 rings (SSSR count). The summed E-state index contributed by atoms with van der Waals surface area (Å²) < 4.78 is 35.8. The summed E-state index contributed by atoms with van der Waals surface area (Å²) in [5, 5.41) is 4.54. The van der Waals surface area contributed by atoms with Crippen molar-refractivity contribution in [3.05, 3.63) is 34.2 Å². The van der Waals surface area contributed by atoms with Crippen molar-refractivity contribution in [2.45, 2.75) is 63.7 Å². The van der Waals surface area contributed by atoms with E-state index in [-0.39, 0.29) is 21.7 Å². The van der Waals surface area contributed by atoms with E-state index in [4.69, 9.17) is 9.72 Å². The molecule has 1 aliphatic rings. The molecule has 1 saturated heterocycles. The number of sulfonamides is 1. The van der Waals surface area contributed by atoms with E-state index in [1.807, 2.05) is 27.7 Å². The van der Waals surface area contributed by atoms with Crippen LogP contribution in [0, 0.1) is 0 Å². The van der Waals surface area contributed by atoms with E-state index in [1.54, 1.807) is 29.6 Å². The van der Waals surface area contributed by atoms with E-state index in [9.17, 15) is 13.2 Å². The molecule has 3 aromatic rings. The number of aromatic amines is 1. The Hall–Kier alpha value is -2.72. The average molecular weight is 488 g/mol. The maximum atomic E-state index is 13.4. The minimum atomic E-state index is -3.69. The number of benzene rings is 1. The van der Waals surface area contributed by atoms with Crippen LogP contribution in [0.4, 0.5) is 0 Å². The van der Waals surface area contributed by atoms with Gasteiger partial charge in [-0.2, -0.15) is 9.40 Å². The zero-order chi connectivity index (χ0) is 24.7. The van der Waals surface area contributed by atoms with Gasteiger partial charge >= 0.3 is 0 Å². The number of aryl methyl sites for hydroxylation is 1. The smallest absolute Gasteiger partial charge is 0.277 e. The number of aromatic nitrogens is 4. The molecule has 0 atom stereocenters. The summed E-state index contributed by atoms with van der Waals surface area (Å²) in [5.74, 6) is 0.716. The molecule has 1 fully saturated rings. The number of rotatable bonds is 5. The number of nitrogens with zero attached hydrogens (tertiary/aromatic N) is 4. The van der Waals surface area contributed by atoms with Crippen molar-refractivity contribution in [1.82, 2.24) is 24.1 Å². The van der Waals surface area contributed by atoms with Crippen molar-refractivity contribution < 1.29 is 13.2 Å². The van der Waals surface area contributed by atoms with Gasteiger partial charge in [0.2, 0.25) is 10.0 Å². The molecule has 1 N–H and O–H groups in total. The van der Waals surface area contributed by atoms with Crippen molar-refractivity contribution >= 4 is 21.1 Å². The van der Waals surface area contributed by atoms with Gasteiger partial charge in [-0.1, -0.05) is 33.6 Å². The summed E-state index contributed by atoms with van der Waals surface area (Å²) in [6, 6.07) is 4.76. The van der Waals surface area contributed by atoms with E-state index in [0.717, 1.165) is 25.7 Å². The number of H-pyrrole nitrogens is 1. The summed E-state index contributed by atoms with van der Waals surface area (Å²) in [7, 11) is -1.97. The summed E-state index contributed by atoms with van der Waals surface area (Å²) in [4.78, 5) is 20.8. The summed E-state index contributed by atoms with van der Waals surface area (Å²) in [6.07, 6.45) is 3.77. The number of hydrogen-bond acceptors (Lipinski definition) is 6. The molecule has 0 amide bonds. The molecule has 34 heavy (non-hydrogen) atoms. The third kappa shape index (κ3) is 4.48. The fraction of sp³-hybridized carbons (Fsp3) is 0.542. The van der Waals surface area contributed by atoms with Crippen LogP contribution in [0.1, 0.15) is 59.1 Å². The maximum absolute atomic E-state index is 13.4. The highest BCUT2D eigenvalue weighted by atomic mass is 32.2. The quantitative estimate of drug-likeness (QED) is 0.589. The van der Waals surface area contributed by atoms with Crippen LogP contribution in [0.15, 0.2) is 27.9 Å². The molecule has 0 spiro atoms. The molecular formula is C24H33N5O4S. The second-order valence-corrected chi connectivity index (χ2v) is 11.7. The van der Waals surface area contributed by atoms with E-state index >= 15 is 0 Å². The predicted octanol–water partition coefficient (Wildman–Crippen LogP) is 3.58. The first kappa shape index (κ1) is 24.4. The van der Waals surface area contributed by atoms with Crippen LogP contribution in [-0.2, 0) is 22.5 Å². The van der Waals surface area contributed by atoms with Crippen molar-refractivity contribution in [2.24, 2.45) is 7.05 Å². The van der Waals surface area contributed by atoms with Crippen LogP contribution < -0.4 is 10.3 Å². The fourth-order valence-electron chi connectivity index (χ4n) is 4.38. The van der Waals surface area contributed by atoms with Crippen LogP contribution in [0.3, 0.4) is 0 Å². The first-order valence-electron chi connectivity index (χ1n) is 11.8. The Kier molecular flexibility index (Phi) is 6.56. The Balaban J connectivity index is 1.90. The Morgan fingerprint density at radius 3 is 2.41 bits per heavy atom. The molecule has 1 aromatic carbocycles. The molecule has 0 radical (unpaired) electrons. The van der Waals surface area contributed by atoms with Gasteiger partial charge in [0.1, 0.15) is 17.1 Å². The van der Waals surface area contributed by atoms with Crippen molar-refractivity contribution in [1.29, 1.82) is 0 Å². The minimum Gasteiger partial charge on any atom is -0.493 e.